The van der Waals surface area contributed by atoms with Crippen molar-refractivity contribution in [3.05, 3.63) is 47.0 Å². The topological polar surface area (TPSA) is 55.1 Å². The minimum Gasteiger partial charge on any atom is -0.436 e. The Hall–Kier alpha value is -1.46. The van der Waals surface area contributed by atoms with Crippen LogP contribution in [0.3, 0.4) is 0 Å². The first-order valence-corrected chi connectivity index (χ1v) is 8.86. The zero-order valence-electron chi connectivity index (χ0n) is 12.9. The summed E-state index contributed by atoms with van der Waals surface area (Å²) in [5.74, 6) is -0.397. The Balaban J connectivity index is 1.98. The molecule has 8 heteroatoms. The fourth-order valence-corrected chi connectivity index (χ4v) is 2.57. The van der Waals surface area contributed by atoms with Crippen LogP contribution < -0.4 is 5.32 Å². The molecule has 0 aliphatic heterocycles. The van der Waals surface area contributed by atoms with Gasteiger partial charge in [0.05, 0.1) is 10.7 Å². The maximum Gasteiger partial charge on any atom is 0.276 e. The normalized spacial score (nSPS) is 11.7. The zero-order valence-corrected chi connectivity index (χ0v) is 16.0. The van der Waals surface area contributed by atoms with Gasteiger partial charge >= 0.3 is 0 Å². The summed E-state index contributed by atoms with van der Waals surface area (Å²) >= 11 is 22.8. The third kappa shape index (κ3) is 4.04. The molecule has 0 saturated carbocycles. The number of benzene rings is 2. The molecule has 0 atom stereocenters. The second-order valence-electron chi connectivity index (χ2n) is 5.32. The number of alkyl halides is 3. The van der Waals surface area contributed by atoms with Gasteiger partial charge in [0, 0.05) is 5.56 Å². The minimum absolute atomic E-state index is 0.298. The fourth-order valence-electron chi connectivity index (χ4n) is 2.26. The van der Waals surface area contributed by atoms with Gasteiger partial charge in [0.25, 0.3) is 9.70 Å². The number of hydrogen-bond acceptors (Lipinski definition) is 3. The molecule has 0 unspecified atom stereocenters. The van der Waals surface area contributed by atoms with Crippen molar-refractivity contribution in [2.24, 2.45) is 0 Å². The van der Waals surface area contributed by atoms with Crippen molar-refractivity contribution in [1.29, 1.82) is 0 Å². The predicted octanol–water partition coefficient (Wildman–Crippen LogP) is 6.02. The Bertz CT molecular complexity index is 947. The number of oxazole rings is 1. The molecule has 1 heterocycles. The van der Waals surface area contributed by atoms with Gasteiger partial charge < -0.3 is 9.73 Å². The molecule has 1 N–H and O–H groups in total. The molecule has 2 aromatic carbocycles. The van der Waals surface area contributed by atoms with Crippen molar-refractivity contribution in [2.75, 3.05) is 5.32 Å². The lowest BCUT2D eigenvalue weighted by Crippen LogP contribution is -2.27. The van der Waals surface area contributed by atoms with Gasteiger partial charge in [-0.25, -0.2) is 4.98 Å². The maximum absolute atomic E-state index is 11.8. The Morgan fingerprint density at radius 3 is 2.64 bits per heavy atom. The number of nitrogens with zero attached hydrogens (tertiary/aromatic N) is 1. The molecule has 3 aromatic rings. The van der Waals surface area contributed by atoms with Crippen LogP contribution in [-0.4, -0.2) is 14.7 Å². The van der Waals surface area contributed by atoms with Crippen LogP contribution in [0.25, 0.3) is 22.6 Å². The van der Waals surface area contributed by atoms with Crippen LogP contribution in [0.2, 0.25) is 5.02 Å². The molecule has 3 rings (SSSR count). The van der Waals surface area contributed by atoms with E-state index >= 15 is 0 Å². The number of hydrogen-bond donors (Lipinski definition) is 1. The number of rotatable bonds is 3. The van der Waals surface area contributed by atoms with E-state index in [1.807, 2.05) is 18.2 Å². The smallest absolute Gasteiger partial charge is 0.276 e. The maximum atomic E-state index is 11.8. The Labute approximate surface area is 164 Å². The number of aromatic nitrogens is 1. The van der Waals surface area contributed by atoms with Gasteiger partial charge in [-0.1, -0.05) is 59.4 Å². The van der Waals surface area contributed by atoms with Crippen LogP contribution in [0, 0.1) is 0 Å². The van der Waals surface area contributed by atoms with Gasteiger partial charge in [-0.3, -0.25) is 4.79 Å². The van der Waals surface area contributed by atoms with Gasteiger partial charge in [0.15, 0.2) is 5.58 Å². The number of aryl methyl sites for hydroxylation is 1. The van der Waals surface area contributed by atoms with Gasteiger partial charge in [-0.2, -0.15) is 0 Å². The summed E-state index contributed by atoms with van der Waals surface area (Å²) in [5, 5.41) is 2.78. The summed E-state index contributed by atoms with van der Waals surface area (Å²) in [4.78, 5) is 16.3. The predicted molar refractivity (Wildman–Crippen MR) is 103 cm³/mol. The van der Waals surface area contributed by atoms with E-state index in [9.17, 15) is 4.79 Å². The minimum atomic E-state index is -2.09. The average molecular weight is 418 g/mol. The van der Waals surface area contributed by atoms with Gasteiger partial charge in [0.1, 0.15) is 5.52 Å². The average Bonchev–Trinajstić information content (AvgIpc) is 2.98. The highest BCUT2D eigenvalue weighted by Crippen LogP contribution is 2.33. The molecule has 0 radical (unpaired) electrons. The molecule has 0 saturated heterocycles. The number of anilines is 1. The molecule has 0 spiro atoms. The summed E-state index contributed by atoms with van der Waals surface area (Å²) in [6, 6.07) is 10.8. The number of amides is 1. The summed E-state index contributed by atoms with van der Waals surface area (Å²) in [6.07, 6.45) is 0.909. The van der Waals surface area contributed by atoms with Crippen molar-refractivity contribution in [3.63, 3.8) is 0 Å². The van der Waals surface area contributed by atoms with E-state index in [4.69, 9.17) is 50.8 Å². The van der Waals surface area contributed by atoms with E-state index in [1.54, 1.807) is 18.2 Å². The van der Waals surface area contributed by atoms with E-state index in [0.717, 1.165) is 11.9 Å². The summed E-state index contributed by atoms with van der Waals surface area (Å²) in [7, 11) is 0. The van der Waals surface area contributed by atoms with Crippen molar-refractivity contribution < 1.29 is 9.21 Å². The summed E-state index contributed by atoms with van der Waals surface area (Å²) in [5.41, 5.74) is 3.54. The van der Waals surface area contributed by atoms with Crippen LogP contribution in [0.15, 0.2) is 40.8 Å². The van der Waals surface area contributed by atoms with E-state index in [0.29, 0.717) is 27.7 Å². The van der Waals surface area contributed by atoms with Crippen LogP contribution in [0.4, 0.5) is 5.69 Å². The van der Waals surface area contributed by atoms with Crippen molar-refractivity contribution >= 4 is 69.1 Å². The fraction of sp³-hybridized carbons (Fsp3) is 0.176. The molecule has 1 amide bonds. The lowest BCUT2D eigenvalue weighted by Gasteiger charge is -2.13. The highest BCUT2D eigenvalue weighted by Gasteiger charge is 2.31. The molecular formula is C17H12Cl4N2O2. The molecule has 4 nitrogen and oxygen atoms in total. The number of halogens is 4. The lowest BCUT2D eigenvalue weighted by atomic mass is 10.1. The van der Waals surface area contributed by atoms with Gasteiger partial charge in [-0.05, 0) is 42.3 Å². The number of carbonyl (C=O) groups is 1. The zero-order chi connectivity index (χ0) is 18.2. The third-order valence-corrected chi connectivity index (χ3v) is 4.42. The van der Waals surface area contributed by atoms with Crippen molar-refractivity contribution in [3.8, 4) is 11.5 Å². The first kappa shape index (κ1) is 18.3. The molecule has 0 fully saturated rings. The van der Waals surface area contributed by atoms with Crippen LogP contribution >= 0.6 is 46.4 Å². The van der Waals surface area contributed by atoms with E-state index < -0.39 is 9.70 Å². The molecule has 1 aromatic heterocycles. The summed E-state index contributed by atoms with van der Waals surface area (Å²) < 4.78 is 3.69. The monoisotopic (exact) mass is 416 g/mol. The second-order valence-corrected chi connectivity index (χ2v) is 8.01. The number of fused-ring (bicyclic) bond motifs is 1. The first-order chi connectivity index (χ1) is 11.8. The Kier molecular flexibility index (Phi) is 5.16. The van der Waals surface area contributed by atoms with E-state index in [2.05, 4.69) is 17.2 Å². The molecular weight excluding hydrogens is 406 g/mol. The highest BCUT2D eigenvalue weighted by molar-refractivity contribution is 6.76. The quantitative estimate of drug-likeness (QED) is 0.530. The van der Waals surface area contributed by atoms with Crippen molar-refractivity contribution in [1.82, 2.24) is 4.98 Å². The lowest BCUT2D eigenvalue weighted by molar-refractivity contribution is -0.115. The second kappa shape index (κ2) is 7.04. The molecule has 25 heavy (non-hydrogen) atoms. The highest BCUT2D eigenvalue weighted by atomic mass is 35.6. The first-order valence-electron chi connectivity index (χ1n) is 7.35. The van der Waals surface area contributed by atoms with Crippen LogP contribution in [0.5, 0.6) is 0 Å². The van der Waals surface area contributed by atoms with E-state index in [-0.39, 0.29) is 0 Å². The van der Waals surface area contributed by atoms with Crippen molar-refractivity contribution in [2.45, 2.75) is 17.1 Å². The summed E-state index contributed by atoms with van der Waals surface area (Å²) in [6.45, 7) is 2.07. The molecule has 0 aliphatic carbocycles. The third-order valence-electron chi connectivity index (χ3n) is 3.58. The van der Waals surface area contributed by atoms with E-state index in [1.165, 1.54) is 5.56 Å². The molecule has 130 valence electrons. The van der Waals surface area contributed by atoms with Crippen LogP contribution in [0.1, 0.15) is 12.5 Å². The standard InChI is InChI=1S/C17H12Cl4N2O2/c1-2-9-3-6-14-13(7-9)22-15(25-14)10-4-5-11(18)12(8-10)23-16(24)17(19,20)21/h3-8H,2H2,1H3,(H,23,24). The molecule has 0 bridgehead atoms. The Morgan fingerprint density at radius 1 is 1.20 bits per heavy atom. The number of carbonyl (C=O) groups excluding carboxylic acids is 1. The largest absolute Gasteiger partial charge is 0.436 e. The number of nitrogens with one attached hydrogen (secondary N) is 1. The Morgan fingerprint density at radius 2 is 1.96 bits per heavy atom. The van der Waals surface area contributed by atoms with Gasteiger partial charge in [-0.15, -0.1) is 0 Å². The van der Waals surface area contributed by atoms with Crippen LogP contribution in [-0.2, 0) is 11.2 Å². The van der Waals surface area contributed by atoms with Gasteiger partial charge in [0.2, 0.25) is 5.89 Å². The molecule has 0 aliphatic rings. The SMILES string of the molecule is CCc1ccc2oc(-c3ccc(Cl)c(NC(=O)C(Cl)(Cl)Cl)c3)nc2c1.